The van der Waals surface area contributed by atoms with Crippen LogP contribution in [-0.4, -0.2) is 75.4 Å². The maximum Gasteiger partial charge on any atom is 0.235 e. The lowest BCUT2D eigenvalue weighted by atomic mass is 9.92. The van der Waals surface area contributed by atoms with Gasteiger partial charge in [0.15, 0.2) is 5.82 Å². The second-order valence-electron chi connectivity index (χ2n) is 12.1. The number of fused-ring (bicyclic) bond motifs is 2. The van der Waals surface area contributed by atoms with Crippen molar-refractivity contribution in [2.24, 2.45) is 13.0 Å². The van der Waals surface area contributed by atoms with Crippen LogP contribution >= 0.6 is 11.6 Å². The van der Waals surface area contributed by atoms with Gasteiger partial charge in [0.1, 0.15) is 5.02 Å². The van der Waals surface area contributed by atoms with Crippen molar-refractivity contribution >= 4 is 69.1 Å². The Bertz CT molecular complexity index is 1880. The molecule has 0 spiro atoms. The number of nitrogens with zero attached hydrogens (tertiary/aromatic N) is 6. The lowest BCUT2D eigenvalue weighted by Crippen LogP contribution is -2.48. The van der Waals surface area contributed by atoms with Crippen LogP contribution in [0.5, 0.6) is 0 Å². The summed E-state index contributed by atoms with van der Waals surface area (Å²) in [6, 6.07) is 11.7. The molecule has 0 radical (unpaired) electrons. The van der Waals surface area contributed by atoms with Gasteiger partial charge < -0.3 is 25.5 Å². The molecule has 238 valence electrons. The number of imide groups is 1. The minimum Gasteiger partial charge on any atom is -0.396 e. The summed E-state index contributed by atoms with van der Waals surface area (Å²) in [4.78, 5) is 49.2. The number of nitrogens with one attached hydrogen (secondary N) is 3. The summed E-state index contributed by atoms with van der Waals surface area (Å²) in [5, 5.41) is 25.6. The summed E-state index contributed by atoms with van der Waals surface area (Å²) >= 11 is 6.47. The third kappa shape index (κ3) is 5.49. The van der Waals surface area contributed by atoms with E-state index in [9.17, 15) is 19.5 Å². The second-order valence-corrected chi connectivity index (χ2v) is 12.5. The van der Waals surface area contributed by atoms with Crippen molar-refractivity contribution in [2.45, 2.75) is 37.6 Å². The van der Waals surface area contributed by atoms with Crippen LogP contribution in [0.1, 0.15) is 36.4 Å². The van der Waals surface area contributed by atoms with Crippen molar-refractivity contribution in [1.82, 2.24) is 25.1 Å². The summed E-state index contributed by atoms with van der Waals surface area (Å²) < 4.78 is 1.76. The predicted octanol–water partition coefficient (Wildman–Crippen LogP) is 3.10. The molecule has 7 rings (SSSR count). The minimum atomic E-state index is -0.463. The van der Waals surface area contributed by atoms with E-state index in [1.807, 2.05) is 48.3 Å². The van der Waals surface area contributed by atoms with E-state index in [-0.39, 0.29) is 36.3 Å². The molecule has 3 atom stereocenters. The first-order valence-corrected chi connectivity index (χ1v) is 15.7. The molecule has 14 heteroatoms. The van der Waals surface area contributed by atoms with Crippen LogP contribution in [0.25, 0.3) is 10.9 Å². The van der Waals surface area contributed by atoms with E-state index in [2.05, 4.69) is 26.0 Å². The van der Waals surface area contributed by atoms with Crippen LogP contribution in [0, 0.1) is 5.92 Å². The Labute approximate surface area is 269 Å². The molecule has 0 bridgehead atoms. The number of aromatic nitrogens is 4. The fourth-order valence-electron chi connectivity index (χ4n) is 6.67. The molecule has 4 N–H and O–H groups in total. The van der Waals surface area contributed by atoms with Crippen LogP contribution in [0.2, 0.25) is 5.02 Å². The Morgan fingerprint density at radius 1 is 1.09 bits per heavy atom. The van der Waals surface area contributed by atoms with Gasteiger partial charge in [0.05, 0.1) is 29.7 Å². The van der Waals surface area contributed by atoms with E-state index >= 15 is 0 Å². The number of carbonyl (C=O) groups is 3. The van der Waals surface area contributed by atoms with Gasteiger partial charge in [-0.2, -0.15) is 10.1 Å². The Morgan fingerprint density at radius 2 is 1.91 bits per heavy atom. The molecule has 3 amide bonds. The first kappa shape index (κ1) is 29.9. The SMILES string of the molecule is CN1C(=O)Cc2cc(Nc3nc(N4CC[C@@H](Nc5ccc6c(C7CCC(=O)NC7=O)nn(C)c6c5)[C@@H](CO)C4)ncc3Cl)ccc21. The molecule has 0 aliphatic carbocycles. The zero-order valence-electron chi connectivity index (χ0n) is 25.5. The van der Waals surface area contributed by atoms with Crippen molar-refractivity contribution < 1.29 is 19.5 Å². The molecule has 4 aromatic rings. The monoisotopic (exact) mass is 643 g/mol. The number of anilines is 5. The number of hydrogen-bond donors (Lipinski definition) is 4. The highest BCUT2D eigenvalue weighted by Gasteiger charge is 2.33. The lowest BCUT2D eigenvalue weighted by molar-refractivity contribution is -0.134. The number of rotatable bonds is 7. The fraction of sp³-hybridized carbons (Fsp3) is 0.375. The lowest BCUT2D eigenvalue weighted by Gasteiger charge is -2.38. The maximum atomic E-state index is 12.5. The smallest absolute Gasteiger partial charge is 0.235 e. The molecular weight excluding hydrogens is 610 g/mol. The maximum absolute atomic E-state index is 12.5. The molecular formula is C32H34ClN9O4. The largest absolute Gasteiger partial charge is 0.396 e. The van der Waals surface area contributed by atoms with Crippen molar-refractivity contribution in [2.75, 3.05) is 47.2 Å². The Balaban J connectivity index is 1.04. The summed E-state index contributed by atoms with van der Waals surface area (Å²) in [5.41, 5.74) is 5.05. The van der Waals surface area contributed by atoms with E-state index in [0.717, 1.165) is 39.9 Å². The van der Waals surface area contributed by atoms with Gasteiger partial charge in [-0.15, -0.1) is 0 Å². The quantitative estimate of drug-likeness (QED) is 0.221. The molecule has 5 heterocycles. The van der Waals surface area contributed by atoms with Crippen molar-refractivity contribution in [3.63, 3.8) is 0 Å². The Kier molecular flexibility index (Phi) is 7.73. The van der Waals surface area contributed by atoms with Gasteiger partial charge in [-0.3, -0.25) is 24.4 Å². The summed E-state index contributed by atoms with van der Waals surface area (Å²) in [5.74, 6) is -0.0876. The van der Waals surface area contributed by atoms with Crippen LogP contribution in [0.15, 0.2) is 42.6 Å². The molecule has 0 saturated carbocycles. The van der Waals surface area contributed by atoms with Gasteiger partial charge in [0.2, 0.25) is 23.7 Å². The molecule has 1 unspecified atom stereocenters. The number of amides is 3. The van der Waals surface area contributed by atoms with Gasteiger partial charge in [-0.05, 0) is 54.8 Å². The fourth-order valence-corrected chi connectivity index (χ4v) is 6.81. The number of aryl methyl sites for hydroxylation is 1. The molecule has 13 nitrogen and oxygen atoms in total. The normalized spacial score (nSPS) is 21.5. The van der Waals surface area contributed by atoms with Crippen LogP contribution in [0.4, 0.5) is 28.8 Å². The van der Waals surface area contributed by atoms with E-state index in [4.69, 9.17) is 16.6 Å². The van der Waals surface area contributed by atoms with Gasteiger partial charge in [-0.1, -0.05) is 11.6 Å². The van der Waals surface area contributed by atoms with Crippen molar-refractivity contribution in [3.8, 4) is 0 Å². The van der Waals surface area contributed by atoms with Gasteiger partial charge >= 0.3 is 0 Å². The number of aliphatic hydroxyl groups excluding tert-OH is 1. The summed E-state index contributed by atoms with van der Waals surface area (Å²) in [6.07, 6.45) is 3.40. The Morgan fingerprint density at radius 3 is 2.72 bits per heavy atom. The number of aliphatic hydroxyl groups is 1. The average Bonchev–Trinajstić information content (AvgIpc) is 3.52. The summed E-state index contributed by atoms with van der Waals surface area (Å²) in [6.45, 7) is 1.18. The number of likely N-dealkylation sites (N-methyl/N-ethyl adjacent to an activating group) is 1. The molecule has 2 aromatic heterocycles. The zero-order valence-corrected chi connectivity index (χ0v) is 26.2. The number of halogens is 1. The third-order valence-electron chi connectivity index (χ3n) is 9.20. The molecule has 3 aliphatic heterocycles. The van der Waals surface area contributed by atoms with E-state index in [0.29, 0.717) is 54.8 Å². The zero-order chi connectivity index (χ0) is 32.1. The third-order valence-corrected chi connectivity index (χ3v) is 9.48. The van der Waals surface area contributed by atoms with E-state index in [1.165, 1.54) is 0 Å². The summed E-state index contributed by atoms with van der Waals surface area (Å²) in [7, 11) is 3.61. The first-order valence-electron chi connectivity index (χ1n) is 15.3. The van der Waals surface area contributed by atoms with E-state index in [1.54, 1.807) is 22.8 Å². The van der Waals surface area contributed by atoms with Crippen LogP contribution in [0.3, 0.4) is 0 Å². The highest BCUT2D eigenvalue weighted by atomic mass is 35.5. The van der Waals surface area contributed by atoms with Crippen molar-refractivity contribution in [1.29, 1.82) is 0 Å². The topological polar surface area (TPSA) is 158 Å². The standard InChI is InChI=1S/C32H34ClN9O4/c1-40-25-7-4-19(11-17(25)12-28(40)45)36-30-23(33)14-34-32(38-30)42-10-9-24(18(15-42)16-43)35-20-3-5-21-26(13-20)41(2)39-29(21)22-6-8-27(44)37-31(22)46/h3-5,7,11,13-14,18,22,24,35,43H,6,8-10,12,15-16H2,1-2H3,(H,34,36,38)(H,37,44,46)/t18-,22?,24-/m1/s1. The Hall–Kier alpha value is -4.75. The first-order chi connectivity index (χ1) is 22.2. The molecule has 2 fully saturated rings. The molecule has 2 saturated heterocycles. The average molecular weight is 644 g/mol. The minimum absolute atomic E-state index is 0.00122. The van der Waals surface area contributed by atoms with Crippen molar-refractivity contribution in [3.05, 3.63) is 58.9 Å². The number of hydrogen-bond acceptors (Lipinski definition) is 10. The predicted molar refractivity (Wildman–Crippen MR) is 175 cm³/mol. The van der Waals surface area contributed by atoms with Gasteiger partial charge in [-0.25, -0.2) is 4.98 Å². The number of benzene rings is 2. The number of piperidine rings is 2. The highest BCUT2D eigenvalue weighted by molar-refractivity contribution is 6.32. The number of carbonyl (C=O) groups excluding carboxylic acids is 3. The second kappa shape index (κ2) is 11.9. The van der Waals surface area contributed by atoms with Crippen LogP contribution < -0.4 is 25.8 Å². The molecule has 46 heavy (non-hydrogen) atoms. The van der Waals surface area contributed by atoms with Gasteiger partial charge in [0, 0.05) is 74.6 Å². The highest BCUT2D eigenvalue weighted by Crippen LogP contribution is 2.34. The van der Waals surface area contributed by atoms with Crippen LogP contribution in [-0.2, 0) is 27.9 Å². The molecule has 3 aliphatic rings. The van der Waals surface area contributed by atoms with E-state index < -0.39 is 5.92 Å². The molecule has 2 aromatic carbocycles. The van der Waals surface area contributed by atoms with Gasteiger partial charge in [0.25, 0.3) is 0 Å².